The van der Waals surface area contributed by atoms with Crippen LogP contribution >= 0.6 is 0 Å². The Labute approximate surface area is 104 Å². The molecule has 0 spiro atoms. The van der Waals surface area contributed by atoms with Gasteiger partial charge in [-0.25, -0.2) is 0 Å². The van der Waals surface area contributed by atoms with Crippen LogP contribution in [-0.2, 0) is 13.0 Å². The van der Waals surface area contributed by atoms with Crippen molar-refractivity contribution in [2.75, 3.05) is 19.6 Å². The number of unbranched alkanes of at least 4 members (excludes halogenated alkanes) is 1. The van der Waals surface area contributed by atoms with Gasteiger partial charge >= 0.3 is 0 Å². The summed E-state index contributed by atoms with van der Waals surface area (Å²) in [5, 5.41) is 7.08. The number of nitrogens with one attached hydrogen (secondary N) is 2. The fourth-order valence-corrected chi connectivity index (χ4v) is 2.34. The molecule has 2 rings (SSSR count). The fraction of sp³-hybridized carbons (Fsp3) is 0.571. The zero-order chi connectivity index (χ0) is 11.9. The number of nitrogens with two attached hydrogens (primary N) is 1. The van der Waals surface area contributed by atoms with Crippen molar-refractivity contribution < 1.29 is 0 Å². The molecular weight excluding hydrogens is 210 g/mol. The molecule has 0 aromatic heterocycles. The number of benzene rings is 1. The maximum Gasteiger partial charge on any atom is 0.0236 e. The van der Waals surface area contributed by atoms with E-state index < -0.39 is 0 Å². The van der Waals surface area contributed by atoms with Crippen LogP contribution in [0.25, 0.3) is 0 Å². The van der Waals surface area contributed by atoms with Crippen molar-refractivity contribution in [3.8, 4) is 0 Å². The van der Waals surface area contributed by atoms with E-state index in [-0.39, 0.29) is 0 Å². The normalized spacial score (nSPS) is 19.0. The Balaban J connectivity index is 1.71. The lowest BCUT2D eigenvalue weighted by atomic mass is 9.96. The first kappa shape index (κ1) is 12.6. The van der Waals surface area contributed by atoms with Gasteiger partial charge in [-0.15, -0.1) is 0 Å². The topological polar surface area (TPSA) is 50.1 Å². The third-order valence-electron chi connectivity index (χ3n) is 3.36. The first-order valence-electron chi connectivity index (χ1n) is 6.61. The number of hydrogen-bond donors (Lipinski definition) is 3. The Morgan fingerprint density at radius 3 is 2.88 bits per heavy atom. The van der Waals surface area contributed by atoms with E-state index >= 15 is 0 Å². The van der Waals surface area contributed by atoms with E-state index in [1.165, 1.54) is 17.5 Å². The maximum absolute atomic E-state index is 5.47. The fourth-order valence-electron chi connectivity index (χ4n) is 2.34. The third-order valence-corrected chi connectivity index (χ3v) is 3.36. The average Bonchev–Trinajstić information content (AvgIpc) is 2.38. The van der Waals surface area contributed by atoms with Gasteiger partial charge in [-0.05, 0) is 43.5 Å². The van der Waals surface area contributed by atoms with Crippen LogP contribution in [0.2, 0.25) is 0 Å². The second kappa shape index (κ2) is 6.74. The summed E-state index contributed by atoms with van der Waals surface area (Å²) in [6, 6.07) is 9.29. The van der Waals surface area contributed by atoms with Gasteiger partial charge in [-0.2, -0.15) is 0 Å². The first-order chi connectivity index (χ1) is 8.40. The molecule has 0 saturated heterocycles. The molecule has 1 heterocycles. The predicted molar refractivity (Wildman–Crippen MR) is 71.9 cm³/mol. The molecule has 4 N–H and O–H groups in total. The molecule has 0 fully saturated rings. The second-order valence-corrected chi connectivity index (χ2v) is 4.75. The molecule has 94 valence electrons. The minimum absolute atomic E-state index is 0.572. The van der Waals surface area contributed by atoms with Crippen molar-refractivity contribution in [3.63, 3.8) is 0 Å². The van der Waals surface area contributed by atoms with Crippen molar-refractivity contribution in [3.05, 3.63) is 35.4 Å². The van der Waals surface area contributed by atoms with Crippen LogP contribution in [0.1, 0.15) is 24.0 Å². The summed E-state index contributed by atoms with van der Waals surface area (Å²) in [4.78, 5) is 0. The molecule has 0 bridgehead atoms. The Morgan fingerprint density at radius 2 is 2.06 bits per heavy atom. The lowest BCUT2D eigenvalue weighted by Gasteiger charge is -2.26. The van der Waals surface area contributed by atoms with Gasteiger partial charge < -0.3 is 16.4 Å². The van der Waals surface area contributed by atoms with Crippen LogP contribution in [0, 0.1) is 0 Å². The highest BCUT2D eigenvalue weighted by Gasteiger charge is 2.16. The summed E-state index contributed by atoms with van der Waals surface area (Å²) in [6.45, 7) is 3.94. The molecule has 3 nitrogen and oxygen atoms in total. The highest BCUT2D eigenvalue weighted by molar-refractivity contribution is 5.29. The Hall–Kier alpha value is -0.900. The molecule has 1 aromatic rings. The molecule has 1 aliphatic heterocycles. The standard InChI is InChI=1S/C14H23N3/c15-7-3-4-8-16-11-14-9-12-5-1-2-6-13(12)10-17-14/h1-2,5-6,14,16-17H,3-4,7-11,15H2. The third kappa shape index (κ3) is 3.80. The van der Waals surface area contributed by atoms with Gasteiger partial charge in [0.2, 0.25) is 0 Å². The lowest BCUT2D eigenvalue weighted by Crippen LogP contribution is -2.43. The summed E-state index contributed by atoms with van der Waals surface area (Å²) in [6.07, 6.45) is 3.44. The van der Waals surface area contributed by atoms with Gasteiger partial charge in [0.15, 0.2) is 0 Å². The molecule has 1 aromatic carbocycles. The minimum atomic E-state index is 0.572. The molecule has 0 aliphatic carbocycles. The van der Waals surface area contributed by atoms with E-state index in [2.05, 4.69) is 34.9 Å². The van der Waals surface area contributed by atoms with Gasteiger partial charge in [-0.1, -0.05) is 24.3 Å². The molecular formula is C14H23N3. The smallest absolute Gasteiger partial charge is 0.0236 e. The number of rotatable bonds is 6. The SMILES string of the molecule is NCCCCNCC1Cc2ccccc2CN1. The molecule has 1 unspecified atom stereocenters. The van der Waals surface area contributed by atoms with Crippen LogP contribution in [0.4, 0.5) is 0 Å². The van der Waals surface area contributed by atoms with Crippen molar-refractivity contribution in [1.82, 2.24) is 10.6 Å². The van der Waals surface area contributed by atoms with E-state index in [1.807, 2.05) is 0 Å². The summed E-state index contributed by atoms with van der Waals surface area (Å²) >= 11 is 0. The maximum atomic E-state index is 5.47. The Kier molecular flexibility index (Phi) is 4.98. The Morgan fingerprint density at radius 1 is 1.24 bits per heavy atom. The van der Waals surface area contributed by atoms with Crippen LogP contribution in [0.3, 0.4) is 0 Å². The van der Waals surface area contributed by atoms with E-state index in [0.717, 1.165) is 39.0 Å². The van der Waals surface area contributed by atoms with Gasteiger partial charge in [0, 0.05) is 19.1 Å². The van der Waals surface area contributed by atoms with Crippen LogP contribution in [0.15, 0.2) is 24.3 Å². The molecule has 0 saturated carbocycles. The van der Waals surface area contributed by atoms with E-state index in [0.29, 0.717) is 6.04 Å². The lowest BCUT2D eigenvalue weighted by molar-refractivity contribution is 0.445. The Bertz CT molecular complexity index is 338. The van der Waals surface area contributed by atoms with Gasteiger partial charge in [0.1, 0.15) is 0 Å². The minimum Gasteiger partial charge on any atom is -0.330 e. The second-order valence-electron chi connectivity index (χ2n) is 4.75. The zero-order valence-electron chi connectivity index (χ0n) is 10.4. The molecule has 3 heteroatoms. The molecule has 1 atom stereocenters. The highest BCUT2D eigenvalue weighted by Crippen LogP contribution is 2.15. The van der Waals surface area contributed by atoms with E-state index in [1.54, 1.807) is 0 Å². The largest absolute Gasteiger partial charge is 0.330 e. The molecule has 0 amide bonds. The van der Waals surface area contributed by atoms with Gasteiger partial charge in [0.05, 0.1) is 0 Å². The molecule has 0 radical (unpaired) electrons. The van der Waals surface area contributed by atoms with E-state index in [9.17, 15) is 0 Å². The van der Waals surface area contributed by atoms with Crippen LogP contribution in [0.5, 0.6) is 0 Å². The number of hydrogen-bond acceptors (Lipinski definition) is 3. The van der Waals surface area contributed by atoms with Gasteiger partial charge in [0.25, 0.3) is 0 Å². The van der Waals surface area contributed by atoms with Crippen LogP contribution < -0.4 is 16.4 Å². The molecule has 1 aliphatic rings. The number of fused-ring (bicyclic) bond motifs is 1. The van der Waals surface area contributed by atoms with Crippen molar-refractivity contribution in [2.45, 2.75) is 31.8 Å². The molecule has 17 heavy (non-hydrogen) atoms. The zero-order valence-corrected chi connectivity index (χ0v) is 10.4. The summed E-state index contributed by atoms with van der Waals surface area (Å²) in [5.41, 5.74) is 8.42. The predicted octanol–water partition coefficient (Wildman–Crippen LogP) is 1.03. The van der Waals surface area contributed by atoms with Crippen molar-refractivity contribution in [1.29, 1.82) is 0 Å². The summed E-state index contributed by atoms with van der Waals surface area (Å²) < 4.78 is 0. The highest BCUT2D eigenvalue weighted by atomic mass is 15.0. The van der Waals surface area contributed by atoms with Crippen molar-refractivity contribution >= 4 is 0 Å². The van der Waals surface area contributed by atoms with Crippen molar-refractivity contribution in [2.24, 2.45) is 5.73 Å². The average molecular weight is 233 g/mol. The monoisotopic (exact) mass is 233 g/mol. The summed E-state index contributed by atoms with van der Waals surface area (Å²) in [7, 11) is 0. The van der Waals surface area contributed by atoms with Crippen LogP contribution in [-0.4, -0.2) is 25.7 Å². The summed E-state index contributed by atoms with van der Waals surface area (Å²) in [5.74, 6) is 0. The van der Waals surface area contributed by atoms with E-state index in [4.69, 9.17) is 5.73 Å². The first-order valence-corrected chi connectivity index (χ1v) is 6.61. The van der Waals surface area contributed by atoms with Gasteiger partial charge in [-0.3, -0.25) is 0 Å². The quantitative estimate of drug-likeness (QED) is 0.643.